The van der Waals surface area contributed by atoms with Gasteiger partial charge in [0.1, 0.15) is 0 Å². The number of alkyl halides is 3. The van der Waals surface area contributed by atoms with Crippen LogP contribution in [0.4, 0.5) is 19.2 Å². The summed E-state index contributed by atoms with van der Waals surface area (Å²) < 4.78 is 43.8. The van der Waals surface area contributed by atoms with Crippen molar-refractivity contribution in [2.45, 2.75) is 25.7 Å². The SMILES string of the molecule is CNC(C)c1nnc(NCc2ccccc2C(F)(F)F)o1. The van der Waals surface area contributed by atoms with Crippen LogP contribution in [0.15, 0.2) is 28.7 Å². The van der Waals surface area contributed by atoms with Gasteiger partial charge in [0.2, 0.25) is 5.89 Å². The van der Waals surface area contributed by atoms with E-state index in [9.17, 15) is 13.2 Å². The number of rotatable bonds is 5. The average Bonchev–Trinajstić information content (AvgIpc) is 2.92. The Hall–Kier alpha value is -2.09. The van der Waals surface area contributed by atoms with E-state index in [1.54, 1.807) is 13.1 Å². The fourth-order valence-corrected chi connectivity index (χ4v) is 1.73. The third kappa shape index (κ3) is 3.72. The quantitative estimate of drug-likeness (QED) is 0.889. The molecule has 21 heavy (non-hydrogen) atoms. The smallest absolute Gasteiger partial charge is 0.406 e. The van der Waals surface area contributed by atoms with Crippen molar-refractivity contribution in [1.82, 2.24) is 15.5 Å². The van der Waals surface area contributed by atoms with Crippen molar-refractivity contribution in [3.8, 4) is 0 Å². The summed E-state index contributed by atoms with van der Waals surface area (Å²) in [6, 6.07) is 5.31. The Bertz CT molecular complexity index is 597. The Morgan fingerprint density at radius 1 is 1.24 bits per heavy atom. The molecule has 114 valence electrons. The molecule has 0 fully saturated rings. The Labute approximate surface area is 119 Å². The number of hydrogen-bond acceptors (Lipinski definition) is 5. The van der Waals surface area contributed by atoms with Crippen LogP contribution in [-0.4, -0.2) is 17.2 Å². The van der Waals surface area contributed by atoms with E-state index < -0.39 is 11.7 Å². The van der Waals surface area contributed by atoms with Crippen LogP contribution in [0.3, 0.4) is 0 Å². The second-order valence-electron chi connectivity index (χ2n) is 4.46. The van der Waals surface area contributed by atoms with Crippen LogP contribution >= 0.6 is 0 Å². The summed E-state index contributed by atoms with van der Waals surface area (Å²) in [6.45, 7) is 1.78. The lowest BCUT2D eigenvalue weighted by molar-refractivity contribution is -0.138. The fraction of sp³-hybridized carbons (Fsp3) is 0.385. The highest BCUT2D eigenvalue weighted by molar-refractivity contribution is 5.32. The summed E-state index contributed by atoms with van der Waals surface area (Å²) in [5.74, 6) is 0.365. The van der Waals surface area contributed by atoms with Gasteiger partial charge in [-0.3, -0.25) is 0 Å². The first-order chi connectivity index (χ1) is 9.91. The summed E-state index contributed by atoms with van der Waals surface area (Å²) in [7, 11) is 1.74. The van der Waals surface area contributed by atoms with Gasteiger partial charge in [0.05, 0.1) is 11.6 Å². The first-order valence-electron chi connectivity index (χ1n) is 6.31. The Kier molecular flexibility index (Phi) is 4.46. The number of benzene rings is 1. The zero-order valence-corrected chi connectivity index (χ0v) is 11.5. The van der Waals surface area contributed by atoms with Crippen LogP contribution in [-0.2, 0) is 12.7 Å². The molecule has 2 N–H and O–H groups in total. The number of aromatic nitrogens is 2. The summed E-state index contributed by atoms with van der Waals surface area (Å²) >= 11 is 0. The highest BCUT2D eigenvalue weighted by Gasteiger charge is 2.32. The second-order valence-corrected chi connectivity index (χ2v) is 4.46. The third-order valence-electron chi connectivity index (χ3n) is 3.00. The van der Waals surface area contributed by atoms with E-state index >= 15 is 0 Å². The van der Waals surface area contributed by atoms with Gasteiger partial charge in [-0.15, -0.1) is 5.10 Å². The van der Waals surface area contributed by atoms with E-state index in [1.807, 2.05) is 6.92 Å². The second kappa shape index (κ2) is 6.13. The minimum atomic E-state index is -4.39. The van der Waals surface area contributed by atoms with Gasteiger partial charge in [0.25, 0.3) is 0 Å². The van der Waals surface area contributed by atoms with Gasteiger partial charge in [0, 0.05) is 6.54 Å². The largest absolute Gasteiger partial charge is 0.416 e. The van der Waals surface area contributed by atoms with Gasteiger partial charge in [-0.05, 0) is 25.6 Å². The standard InChI is InChI=1S/C13H15F3N4O/c1-8(17-2)11-19-20-12(21-11)18-7-9-5-3-4-6-10(9)13(14,15)16/h3-6,8,17H,7H2,1-2H3,(H,18,20). The van der Waals surface area contributed by atoms with E-state index in [0.717, 1.165) is 6.07 Å². The number of anilines is 1. The predicted molar refractivity (Wildman–Crippen MR) is 70.5 cm³/mol. The number of halogens is 3. The molecule has 8 heteroatoms. The molecular formula is C13H15F3N4O. The summed E-state index contributed by atoms with van der Waals surface area (Å²) in [5.41, 5.74) is -0.563. The molecule has 0 amide bonds. The molecule has 0 aliphatic heterocycles. The zero-order valence-electron chi connectivity index (χ0n) is 11.5. The van der Waals surface area contributed by atoms with E-state index in [-0.39, 0.29) is 24.2 Å². The summed E-state index contributed by atoms with van der Waals surface area (Å²) in [6.07, 6.45) is -4.39. The van der Waals surface area contributed by atoms with Crippen molar-refractivity contribution in [2.24, 2.45) is 0 Å². The number of nitrogens with zero attached hydrogens (tertiary/aromatic N) is 2. The van der Waals surface area contributed by atoms with Crippen LogP contribution in [0.1, 0.15) is 30.0 Å². The Morgan fingerprint density at radius 2 is 1.95 bits per heavy atom. The minimum absolute atomic E-state index is 0.0503. The van der Waals surface area contributed by atoms with Crippen molar-refractivity contribution < 1.29 is 17.6 Å². The van der Waals surface area contributed by atoms with E-state index in [0.29, 0.717) is 5.89 Å². The van der Waals surface area contributed by atoms with Crippen LogP contribution < -0.4 is 10.6 Å². The van der Waals surface area contributed by atoms with Crippen LogP contribution in [0.25, 0.3) is 0 Å². The van der Waals surface area contributed by atoms with E-state index in [2.05, 4.69) is 20.8 Å². The predicted octanol–water partition coefficient (Wildman–Crippen LogP) is 2.98. The molecule has 2 aromatic rings. The van der Waals surface area contributed by atoms with Crippen molar-refractivity contribution in [1.29, 1.82) is 0 Å². The number of nitrogens with one attached hydrogen (secondary N) is 2. The molecule has 0 radical (unpaired) electrons. The van der Waals surface area contributed by atoms with Gasteiger partial charge in [-0.1, -0.05) is 23.3 Å². The van der Waals surface area contributed by atoms with Crippen molar-refractivity contribution >= 4 is 6.01 Å². The van der Waals surface area contributed by atoms with Crippen LogP contribution in [0.5, 0.6) is 0 Å². The monoisotopic (exact) mass is 300 g/mol. The molecule has 0 bridgehead atoms. The van der Waals surface area contributed by atoms with Crippen LogP contribution in [0.2, 0.25) is 0 Å². The van der Waals surface area contributed by atoms with Crippen molar-refractivity contribution in [2.75, 3.05) is 12.4 Å². The van der Waals surface area contributed by atoms with Gasteiger partial charge >= 0.3 is 12.2 Å². The van der Waals surface area contributed by atoms with Crippen LogP contribution in [0, 0.1) is 0 Å². The van der Waals surface area contributed by atoms with E-state index in [4.69, 9.17) is 4.42 Å². The summed E-state index contributed by atoms with van der Waals surface area (Å²) in [4.78, 5) is 0. The third-order valence-corrected chi connectivity index (χ3v) is 3.00. The minimum Gasteiger partial charge on any atom is -0.406 e. The molecular weight excluding hydrogens is 285 g/mol. The first-order valence-corrected chi connectivity index (χ1v) is 6.31. The molecule has 2 rings (SSSR count). The molecule has 0 saturated heterocycles. The maximum absolute atomic E-state index is 12.8. The molecule has 1 heterocycles. The molecule has 1 aromatic carbocycles. The Morgan fingerprint density at radius 3 is 2.62 bits per heavy atom. The van der Waals surface area contributed by atoms with Gasteiger partial charge < -0.3 is 15.1 Å². The zero-order chi connectivity index (χ0) is 15.5. The fourth-order valence-electron chi connectivity index (χ4n) is 1.73. The molecule has 0 aliphatic carbocycles. The molecule has 0 spiro atoms. The van der Waals surface area contributed by atoms with Crippen molar-refractivity contribution in [3.63, 3.8) is 0 Å². The van der Waals surface area contributed by atoms with Gasteiger partial charge in [-0.25, -0.2) is 0 Å². The van der Waals surface area contributed by atoms with Gasteiger partial charge in [-0.2, -0.15) is 13.2 Å². The highest BCUT2D eigenvalue weighted by Crippen LogP contribution is 2.32. The first kappa shape index (κ1) is 15.3. The Balaban J connectivity index is 2.09. The molecule has 5 nitrogen and oxygen atoms in total. The molecule has 0 aliphatic rings. The maximum atomic E-state index is 12.8. The highest BCUT2D eigenvalue weighted by atomic mass is 19.4. The molecule has 0 saturated carbocycles. The lowest BCUT2D eigenvalue weighted by Crippen LogP contribution is -2.12. The lowest BCUT2D eigenvalue weighted by Gasteiger charge is -2.12. The topological polar surface area (TPSA) is 63.0 Å². The molecule has 1 aromatic heterocycles. The summed E-state index contributed by atoms with van der Waals surface area (Å²) in [5, 5.41) is 13.2. The molecule has 1 atom stereocenters. The normalized spacial score (nSPS) is 13.2. The molecule has 1 unspecified atom stereocenters. The number of hydrogen-bond donors (Lipinski definition) is 2. The maximum Gasteiger partial charge on any atom is 0.416 e. The lowest BCUT2D eigenvalue weighted by atomic mass is 10.1. The van der Waals surface area contributed by atoms with Gasteiger partial charge in [0.15, 0.2) is 0 Å². The van der Waals surface area contributed by atoms with E-state index in [1.165, 1.54) is 12.1 Å². The average molecular weight is 300 g/mol. The van der Waals surface area contributed by atoms with Crippen molar-refractivity contribution in [3.05, 3.63) is 41.3 Å².